The molecule has 218 valence electrons. The van der Waals surface area contributed by atoms with Crippen LogP contribution in [0.5, 0.6) is 5.75 Å². The number of benzene rings is 2. The van der Waals surface area contributed by atoms with E-state index in [0.717, 1.165) is 16.5 Å². The fraction of sp³-hybridized carbons (Fsp3) is 0.296. The standard InChI is InChI=1S/C27H32N6O7S/c28-18(10-15-12-30-19-4-2-1-3-17(15)19)24(36)31-20(9-14-5-7-16(34)8-6-14)25(37)32-21(11-23(29)35)26(38)33-22(13-41)27(39)40/h1-8,12,18,20-22,30,34,41H,9-11,13,28H2,(H2,29,35)(H,31,36)(H,32,37)(H,33,38)(H,39,40). The highest BCUT2D eigenvalue weighted by atomic mass is 32.1. The van der Waals surface area contributed by atoms with Gasteiger partial charge in [0.05, 0.1) is 12.5 Å². The first-order valence-electron chi connectivity index (χ1n) is 12.6. The Hall–Kier alpha value is -4.56. The monoisotopic (exact) mass is 584 g/mol. The molecule has 14 heteroatoms. The fourth-order valence-corrected chi connectivity index (χ4v) is 4.37. The van der Waals surface area contributed by atoms with Crippen molar-refractivity contribution in [2.75, 3.05) is 5.75 Å². The van der Waals surface area contributed by atoms with E-state index in [0.29, 0.717) is 5.56 Å². The van der Waals surface area contributed by atoms with Crippen LogP contribution in [0.2, 0.25) is 0 Å². The van der Waals surface area contributed by atoms with Gasteiger partial charge in [0.2, 0.25) is 23.6 Å². The number of thiol groups is 1. The molecule has 0 saturated heterocycles. The van der Waals surface area contributed by atoms with Crippen LogP contribution >= 0.6 is 12.6 Å². The molecule has 4 unspecified atom stereocenters. The molecular formula is C27H32N6O7S. The number of nitrogens with one attached hydrogen (secondary N) is 4. The van der Waals surface area contributed by atoms with Gasteiger partial charge in [-0.15, -0.1) is 0 Å². The normalized spacial score (nSPS) is 13.9. The van der Waals surface area contributed by atoms with Crippen molar-refractivity contribution < 1.29 is 34.2 Å². The van der Waals surface area contributed by atoms with Crippen molar-refractivity contribution in [2.45, 2.75) is 43.4 Å². The number of fused-ring (bicyclic) bond motifs is 1. The Morgan fingerprint density at radius 1 is 0.854 bits per heavy atom. The largest absolute Gasteiger partial charge is 0.508 e. The van der Waals surface area contributed by atoms with Gasteiger partial charge in [0.15, 0.2) is 0 Å². The number of H-pyrrole nitrogens is 1. The molecule has 3 rings (SSSR count). The van der Waals surface area contributed by atoms with E-state index in [-0.39, 0.29) is 24.3 Å². The maximum Gasteiger partial charge on any atom is 0.327 e. The third kappa shape index (κ3) is 8.71. The van der Waals surface area contributed by atoms with Crippen LogP contribution in [-0.2, 0) is 36.8 Å². The first-order chi connectivity index (χ1) is 19.5. The van der Waals surface area contributed by atoms with Crippen molar-refractivity contribution in [3.05, 3.63) is 65.9 Å². The summed E-state index contributed by atoms with van der Waals surface area (Å²) in [5.74, 6) is -5.00. The van der Waals surface area contributed by atoms with E-state index >= 15 is 0 Å². The van der Waals surface area contributed by atoms with Crippen LogP contribution in [0.4, 0.5) is 0 Å². The molecule has 2 aromatic carbocycles. The lowest BCUT2D eigenvalue weighted by atomic mass is 10.0. The highest BCUT2D eigenvalue weighted by Gasteiger charge is 2.31. The predicted octanol–water partition coefficient (Wildman–Crippen LogP) is -0.670. The summed E-state index contributed by atoms with van der Waals surface area (Å²) < 4.78 is 0. The van der Waals surface area contributed by atoms with Gasteiger partial charge >= 0.3 is 5.97 Å². The Morgan fingerprint density at radius 2 is 1.46 bits per heavy atom. The summed E-state index contributed by atoms with van der Waals surface area (Å²) in [7, 11) is 0. The smallest absolute Gasteiger partial charge is 0.327 e. The number of hydrogen-bond acceptors (Lipinski definition) is 8. The van der Waals surface area contributed by atoms with Gasteiger partial charge in [-0.05, 0) is 35.7 Å². The molecule has 0 radical (unpaired) electrons. The summed E-state index contributed by atoms with van der Waals surface area (Å²) in [6.07, 6.45) is 1.23. The summed E-state index contributed by atoms with van der Waals surface area (Å²) in [6, 6.07) is 8.19. The molecule has 0 saturated carbocycles. The number of rotatable bonds is 14. The summed E-state index contributed by atoms with van der Waals surface area (Å²) in [5.41, 5.74) is 13.7. The van der Waals surface area contributed by atoms with Gasteiger partial charge in [0.25, 0.3) is 0 Å². The topological polar surface area (TPSA) is 230 Å². The molecule has 0 aliphatic rings. The number of para-hydroxylation sites is 1. The molecule has 1 heterocycles. The lowest BCUT2D eigenvalue weighted by molar-refractivity contribution is -0.141. The van der Waals surface area contributed by atoms with Crippen molar-refractivity contribution in [1.29, 1.82) is 0 Å². The number of carboxylic acids is 1. The van der Waals surface area contributed by atoms with E-state index in [9.17, 15) is 34.2 Å². The Labute approximate surface area is 240 Å². The van der Waals surface area contributed by atoms with Crippen LogP contribution in [0.1, 0.15) is 17.5 Å². The number of carboxylic acid groups (broad SMARTS) is 1. The molecule has 0 aliphatic carbocycles. The van der Waals surface area contributed by atoms with Gasteiger partial charge in [-0.25, -0.2) is 4.79 Å². The number of carbonyl (C=O) groups is 5. The minimum Gasteiger partial charge on any atom is -0.508 e. The number of aromatic nitrogens is 1. The summed E-state index contributed by atoms with van der Waals surface area (Å²) >= 11 is 3.89. The van der Waals surface area contributed by atoms with Gasteiger partial charge in [0, 0.05) is 29.3 Å². The first kappa shape index (κ1) is 31.0. The molecule has 10 N–H and O–H groups in total. The van der Waals surface area contributed by atoms with Crippen LogP contribution in [0.25, 0.3) is 10.9 Å². The van der Waals surface area contributed by atoms with E-state index in [1.807, 2.05) is 24.3 Å². The number of carbonyl (C=O) groups excluding carboxylic acids is 4. The molecule has 3 aromatic rings. The van der Waals surface area contributed by atoms with Crippen LogP contribution in [0.3, 0.4) is 0 Å². The molecule has 0 aliphatic heterocycles. The van der Waals surface area contributed by atoms with Gasteiger partial charge in [0.1, 0.15) is 23.9 Å². The molecule has 0 bridgehead atoms. The molecule has 0 spiro atoms. The molecule has 0 fully saturated rings. The number of nitrogens with two attached hydrogens (primary N) is 2. The maximum absolute atomic E-state index is 13.4. The molecule has 41 heavy (non-hydrogen) atoms. The lowest BCUT2D eigenvalue weighted by Gasteiger charge is -2.24. The minimum absolute atomic E-state index is 0.00472. The van der Waals surface area contributed by atoms with Crippen LogP contribution < -0.4 is 27.4 Å². The Morgan fingerprint density at radius 3 is 2.10 bits per heavy atom. The quantitative estimate of drug-likeness (QED) is 0.110. The lowest BCUT2D eigenvalue weighted by Crippen LogP contribution is -2.58. The molecule has 13 nitrogen and oxygen atoms in total. The van der Waals surface area contributed by atoms with Crippen LogP contribution in [0, 0.1) is 0 Å². The zero-order valence-electron chi connectivity index (χ0n) is 21.9. The number of amides is 4. The number of phenolic OH excluding ortho intramolecular Hbond substituents is 1. The number of aromatic amines is 1. The molecular weight excluding hydrogens is 552 g/mol. The second-order valence-corrected chi connectivity index (χ2v) is 9.78. The van der Waals surface area contributed by atoms with Crippen LogP contribution in [0.15, 0.2) is 54.7 Å². The number of hydrogen-bond donors (Lipinski definition) is 9. The second-order valence-electron chi connectivity index (χ2n) is 9.42. The Bertz CT molecular complexity index is 1410. The first-order valence-corrected chi connectivity index (χ1v) is 13.2. The van der Waals surface area contributed by atoms with E-state index in [4.69, 9.17) is 11.5 Å². The summed E-state index contributed by atoms with van der Waals surface area (Å²) in [5, 5.41) is 26.9. The van der Waals surface area contributed by atoms with E-state index in [1.165, 1.54) is 12.1 Å². The fourth-order valence-electron chi connectivity index (χ4n) is 4.13. The zero-order chi connectivity index (χ0) is 30.1. The Balaban J connectivity index is 1.79. The third-order valence-corrected chi connectivity index (χ3v) is 6.66. The van der Waals surface area contributed by atoms with Gasteiger partial charge < -0.3 is 42.6 Å². The molecule has 4 amide bonds. The summed E-state index contributed by atoms with van der Waals surface area (Å²) in [4.78, 5) is 65.3. The van der Waals surface area contributed by atoms with Gasteiger partial charge in [-0.3, -0.25) is 19.2 Å². The van der Waals surface area contributed by atoms with Crippen molar-refractivity contribution >= 4 is 53.1 Å². The number of phenols is 1. The van der Waals surface area contributed by atoms with E-state index in [2.05, 4.69) is 33.6 Å². The number of primary amides is 1. The number of aromatic hydroxyl groups is 1. The average Bonchev–Trinajstić information content (AvgIpc) is 3.34. The SMILES string of the molecule is NC(=O)CC(NC(=O)C(Cc1ccc(O)cc1)NC(=O)C(N)Cc1c[nH]c2ccccc12)C(=O)NC(CS)C(=O)O. The molecule has 1 aromatic heterocycles. The van der Waals surface area contributed by atoms with Crippen molar-refractivity contribution in [1.82, 2.24) is 20.9 Å². The average molecular weight is 585 g/mol. The van der Waals surface area contributed by atoms with Gasteiger partial charge in [-0.1, -0.05) is 30.3 Å². The van der Waals surface area contributed by atoms with E-state index in [1.54, 1.807) is 18.3 Å². The highest BCUT2D eigenvalue weighted by Crippen LogP contribution is 2.19. The highest BCUT2D eigenvalue weighted by molar-refractivity contribution is 7.80. The maximum atomic E-state index is 13.4. The molecule has 4 atom stereocenters. The predicted molar refractivity (Wildman–Crippen MR) is 153 cm³/mol. The van der Waals surface area contributed by atoms with Crippen molar-refractivity contribution in [3.8, 4) is 5.75 Å². The number of aliphatic carboxylic acids is 1. The zero-order valence-corrected chi connectivity index (χ0v) is 22.8. The minimum atomic E-state index is -1.53. The summed E-state index contributed by atoms with van der Waals surface area (Å²) in [6.45, 7) is 0. The Kier molecular flexibility index (Phi) is 10.7. The van der Waals surface area contributed by atoms with E-state index < -0.39 is 60.2 Å². The second kappa shape index (κ2) is 14.2. The van der Waals surface area contributed by atoms with Crippen molar-refractivity contribution in [2.24, 2.45) is 11.5 Å². The third-order valence-electron chi connectivity index (χ3n) is 6.30. The van der Waals surface area contributed by atoms with Crippen molar-refractivity contribution in [3.63, 3.8) is 0 Å². The van der Waals surface area contributed by atoms with Gasteiger partial charge in [-0.2, -0.15) is 12.6 Å². The van der Waals surface area contributed by atoms with Crippen LogP contribution in [-0.4, -0.2) is 74.7 Å².